The van der Waals surface area contributed by atoms with E-state index in [2.05, 4.69) is 72.2 Å². The fourth-order valence-electron chi connectivity index (χ4n) is 5.74. The second kappa shape index (κ2) is 15.9. The zero-order chi connectivity index (χ0) is 33.1. The molecule has 0 heterocycles. The third kappa shape index (κ3) is 7.88. The minimum absolute atomic E-state index is 0.116. The Bertz CT molecular complexity index is 1580. The fourth-order valence-corrected chi connectivity index (χ4v) is 5.74. The van der Waals surface area contributed by atoms with Crippen LogP contribution in [0.1, 0.15) is 56.3 Å². The second-order valence-electron chi connectivity index (χ2n) is 11.0. The number of rotatable bonds is 13. The van der Waals surface area contributed by atoms with E-state index < -0.39 is 0 Å². The van der Waals surface area contributed by atoms with Crippen LogP contribution < -0.4 is 18.9 Å². The predicted octanol–water partition coefficient (Wildman–Crippen LogP) is 7.93. The van der Waals surface area contributed by atoms with Crippen molar-refractivity contribution in [2.45, 2.75) is 39.5 Å². The van der Waals surface area contributed by atoms with E-state index in [0.717, 1.165) is 67.5 Å². The van der Waals surface area contributed by atoms with Crippen molar-refractivity contribution in [3.63, 3.8) is 0 Å². The highest BCUT2D eigenvalue weighted by Gasteiger charge is 2.30. The van der Waals surface area contributed by atoms with E-state index in [1.54, 1.807) is 0 Å². The molecule has 4 heteroatoms. The normalized spacial score (nSPS) is 10.4. The largest absolute Gasteiger partial charge is 0.481 e. The Hall–Kier alpha value is -5.68. The SMILES string of the molecule is C#CCOc1ccc(C(c2ccc(OCC#C)c(C)c2)C(c2ccc(OCC#C)c(C)c2)c2ccc(OCC#C)c(C)c2)cc1C. The molecule has 0 radical (unpaired) electrons. The first kappa shape index (κ1) is 33.2. The van der Waals surface area contributed by atoms with E-state index in [0.29, 0.717) is 0 Å². The molecule has 0 unspecified atom stereocenters. The molecule has 4 nitrogen and oxygen atoms in total. The van der Waals surface area contributed by atoms with Gasteiger partial charge in [0, 0.05) is 11.8 Å². The molecular weight excluding hydrogens is 568 g/mol. The van der Waals surface area contributed by atoms with Crippen molar-refractivity contribution in [2.24, 2.45) is 0 Å². The van der Waals surface area contributed by atoms with Crippen molar-refractivity contribution >= 4 is 0 Å². The number of terminal acetylenes is 4. The topological polar surface area (TPSA) is 36.9 Å². The van der Waals surface area contributed by atoms with Gasteiger partial charge in [0.15, 0.2) is 0 Å². The average Bonchev–Trinajstić information content (AvgIpc) is 3.05. The van der Waals surface area contributed by atoms with Crippen molar-refractivity contribution in [3.05, 3.63) is 117 Å². The number of ether oxygens (including phenoxy) is 4. The maximum Gasteiger partial charge on any atom is 0.148 e. The van der Waals surface area contributed by atoms with Crippen LogP contribution in [0.4, 0.5) is 0 Å². The standard InChI is InChI=1S/C42H38O4/c1-9-21-43-37-17-13-33(25-29(37)5)41(34-14-18-38(30(6)26-34)44-22-10-2)42(35-15-19-39(31(7)27-35)45-23-11-3)36-16-20-40(32(8)28-36)46-24-12-4/h1-4,13-20,25-28,41-42H,21-24H2,5-8H3. The zero-order valence-corrected chi connectivity index (χ0v) is 26.9. The second-order valence-corrected chi connectivity index (χ2v) is 11.0. The molecule has 4 aromatic rings. The lowest BCUT2D eigenvalue weighted by atomic mass is 9.72. The summed E-state index contributed by atoms with van der Waals surface area (Å²) in [6.07, 6.45) is 21.9. The lowest BCUT2D eigenvalue weighted by molar-refractivity contribution is 0.366. The Morgan fingerprint density at radius 2 is 0.630 bits per heavy atom. The number of aryl methyl sites for hydroxylation is 4. The molecule has 0 N–H and O–H groups in total. The van der Waals surface area contributed by atoms with E-state index in [-0.39, 0.29) is 38.3 Å². The molecule has 46 heavy (non-hydrogen) atoms. The van der Waals surface area contributed by atoms with Gasteiger partial charge >= 0.3 is 0 Å². The van der Waals surface area contributed by atoms with Crippen molar-refractivity contribution < 1.29 is 18.9 Å². The van der Waals surface area contributed by atoms with Gasteiger partial charge in [0.2, 0.25) is 0 Å². The molecule has 0 aliphatic carbocycles. The summed E-state index contributed by atoms with van der Waals surface area (Å²) < 4.78 is 23.3. The van der Waals surface area contributed by atoms with Gasteiger partial charge in [-0.3, -0.25) is 0 Å². The van der Waals surface area contributed by atoms with Gasteiger partial charge < -0.3 is 18.9 Å². The molecule has 0 aromatic heterocycles. The van der Waals surface area contributed by atoms with Crippen LogP contribution in [0, 0.1) is 77.1 Å². The molecule has 0 amide bonds. The summed E-state index contributed by atoms with van der Waals surface area (Å²) >= 11 is 0. The molecule has 0 aliphatic heterocycles. The van der Waals surface area contributed by atoms with Crippen LogP contribution in [0.3, 0.4) is 0 Å². The van der Waals surface area contributed by atoms with Gasteiger partial charge in [-0.1, -0.05) is 72.2 Å². The van der Waals surface area contributed by atoms with Gasteiger partial charge in [0.25, 0.3) is 0 Å². The van der Waals surface area contributed by atoms with Gasteiger partial charge in [-0.2, -0.15) is 0 Å². The summed E-state index contributed by atoms with van der Waals surface area (Å²) in [6, 6.07) is 25.1. The van der Waals surface area contributed by atoms with Gasteiger partial charge in [-0.25, -0.2) is 0 Å². The van der Waals surface area contributed by atoms with E-state index in [1.807, 2.05) is 52.0 Å². The molecule has 4 aromatic carbocycles. The van der Waals surface area contributed by atoms with Gasteiger partial charge in [0.05, 0.1) is 0 Å². The molecular formula is C42H38O4. The van der Waals surface area contributed by atoms with Crippen LogP contribution in [-0.2, 0) is 0 Å². The fraction of sp³-hybridized carbons (Fsp3) is 0.238. The Morgan fingerprint density at radius 3 is 0.804 bits per heavy atom. The van der Waals surface area contributed by atoms with Crippen molar-refractivity contribution in [3.8, 4) is 72.4 Å². The van der Waals surface area contributed by atoms with Crippen molar-refractivity contribution in [1.82, 2.24) is 0 Å². The third-order valence-corrected chi connectivity index (χ3v) is 7.81. The summed E-state index contributed by atoms with van der Waals surface area (Å²) in [6.45, 7) is 8.94. The summed E-state index contributed by atoms with van der Waals surface area (Å²) in [4.78, 5) is 0. The van der Waals surface area contributed by atoms with Crippen molar-refractivity contribution in [1.29, 1.82) is 0 Å². The van der Waals surface area contributed by atoms with Gasteiger partial charge in [0.1, 0.15) is 49.4 Å². The lowest BCUT2D eigenvalue weighted by Crippen LogP contribution is -2.16. The van der Waals surface area contributed by atoms with Crippen LogP contribution in [-0.4, -0.2) is 26.4 Å². The maximum atomic E-state index is 5.83. The quantitative estimate of drug-likeness (QED) is 0.145. The monoisotopic (exact) mass is 606 g/mol. The Labute approximate surface area is 274 Å². The smallest absolute Gasteiger partial charge is 0.148 e. The molecule has 0 atom stereocenters. The van der Waals surface area contributed by atoms with Crippen LogP contribution in [0.2, 0.25) is 0 Å². The lowest BCUT2D eigenvalue weighted by Gasteiger charge is -2.31. The molecule has 230 valence electrons. The summed E-state index contributed by atoms with van der Waals surface area (Å²) in [5.74, 6) is 13.0. The summed E-state index contributed by atoms with van der Waals surface area (Å²) in [7, 11) is 0. The molecule has 0 aliphatic rings. The first-order chi connectivity index (χ1) is 22.3. The Balaban J connectivity index is 1.97. The molecule has 4 rings (SSSR count). The van der Waals surface area contributed by atoms with Gasteiger partial charge in [-0.15, -0.1) is 25.7 Å². The predicted molar refractivity (Wildman–Crippen MR) is 186 cm³/mol. The molecule has 0 spiro atoms. The highest BCUT2D eigenvalue weighted by atomic mass is 16.5. The highest BCUT2D eigenvalue weighted by molar-refractivity contribution is 5.52. The third-order valence-electron chi connectivity index (χ3n) is 7.81. The van der Waals surface area contributed by atoms with Gasteiger partial charge in [-0.05, 0) is 96.5 Å². The number of hydrogen-bond acceptors (Lipinski definition) is 4. The Morgan fingerprint density at radius 1 is 0.413 bits per heavy atom. The minimum atomic E-state index is -0.116. The average molecular weight is 607 g/mol. The first-order valence-corrected chi connectivity index (χ1v) is 15.0. The van der Waals surface area contributed by atoms with E-state index in [4.69, 9.17) is 44.6 Å². The highest BCUT2D eigenvalue weighted by Crippen LogP contribution is 2.46. The first-order valence-electron chi connectivity index (χ1n) is 15.0. The zero-order valence-electron chi connectivity index (χ0n) is 26.9. The minimum Gasteiger partial charge on any atom is -0.481 e. The van der Waals surface area contributed by atoms with E-state index >= 15 is 0 Å². The van der Waals surface area contributed by atoms with Crippen molar-refractivity contribution in [2.75, 3.05) is 26.4 Å². The van der Waals surface area contributed by atoms with Crippen LogP contribution >= 0.6 is 0 Å². The summed E-state index contributed by atoms with van der Waals surface area (Å²) in [5, 5.41) is 0. The van der Waals surface area contributed by atoms with E-state index in [9.17, 15) is 0 Å². The van der Waals surface area contributed by atoms with Crippen LogP contribution in [0.15, 0.2) is 72.8 Å². The van der Waals surface area contributed by atoms with Crippen LogP contribution in [0.5, 0.6) is 23.0 Å². The Kier molecular flexibility index (Phi) is 11.5. The summed E-state index contributed by atoms with van der Waals surface area (Å²) in [5.41, 5.74) is 8.42. The molecule has 0 fully saturated rings. The van der Waals surface area contributed by atoms with Crippen LogP contribution in [0.25, 0.3) is 0 Å². The molecule has 0 bridgehead atoms. The molecule has 0 saturated heterocycles. The molecule has 0 saturated carbocycles. The number of benzene rings is 4. The van der Waals surface area contributed by atoms with E-state index in [1.165, 1.54) is 0 Å². The maximum absolute atomic E-state index is 5.83. The number of hydrogen-bond donors (Lipinski definition) is 0.